The summed E-state index contributed by atoms with van der Waals surface area (Å²) in [5.74, 6) is -3.01. The predicted octanol–water partition coefficient (Wildman–Crippen LogP) is 5.81. The van der Waals surface area contributed by atoms with Gasteiger partial charge in [0, 0.05) is 11.6 Å². The molecule has 2 aromatic rings. The fraction of sp³-hybridized carbons (Fsp3) is 0.375. The highest BCUT2D eigenvalue weighted by molar-refractivity contribution is 7.92. The Morgan fingerprint density at radius 1 is 1.11 bits per heavy atom. The van der Waals surface area contributed by atoms with Gasteiger partial charge in [-0.3, -0.25) is 9.52 Å². The predicted molar refractivity (Wildman–Crippen MR) is 127 cm³/mol. The Morgan fingerprint density at radius 2 is 1.75 bits per heavy atom. The number of carbonyl (C=O) groups excluding carboxylic acids is 1. The van der Waals surface area contributed by atoms with E-state index in [9.17, 15) is 35.2 Å². The zero-order valence-electron chi connectivity index (χ0n) is 19.9. The summed E-state index contributed by atoms with van der Waals surface area (Å²) in [7, 11) is -3.92. The number of anilines is 1. The topological polar surface area (TPSA) is 84.5 Å². The number of amides is 1. The van der Waals surface area contributed by atoms with E-state index in [0.717, 1.165) is 43.0 Å². The Morgan fingerprint density at radius 3 is 2.28 bits per heavy atom. The second kappa shape index (κ2) is 12.2. The molecule has 1 amide bonds. The second-order valence-electron chi connectivity index (χ2n) is 7.99. The molecule has 6 nitrogen and oxygen atoms in total. The van der Waals surface area contributed by atoms with Crippen molar-refractivity contribution in [2.45, 2.75) is 45.3 Å². The lowest BCUT2D eigenvalue weighted by Crippen LogP contribution is -2.26. The third kappa shape index (κ3) is 8.51. The zero-order valence-corrected chi connectivity index (χ0v) is 20.7. The Kier molecular flexibility index (Phi) is 9.85. The van der Waals surface area contributed by atoms with Gasteiger partial charge in [-0.2, -0.15) is 13.2 Å². The van der Waals surface area contributed by atoms with Crippen LogP contribution in [0, 0.1) is 11.6 Å². The molecule has 0 saturated carbocycles. The molecule has 0 aliphatic rings. The van der Waals surface area contributed by atoms with Gasteiger partial charge in [-0.1, -0.05) is 26.3 Å². The molecule has 2 aromatic carbocycles. The van der Waals surface area contributed by atoms with Crippen LogP contribution in [-0.4, -0.2) is 27.2 Å². The van der Waals surface area contributed by atoms with E-state index in [4.69, 9.17) is 4.74 Å². The lowest BCUT2D eigenvalue weighted by atomic mass is 10.0. The third-order valence-electron chi connectivity index (χ3n) is 4.99. The van der Waals surface area contributed by atoms with Gasteiger partial charge in [0.25, 0.3) is 0 Å². The highest BCUT2D eigenvalue weighted by Crippen LogP contribution is 2.34. The number of sulfonamides is 1. The number of nitrogens with one attached hydrogen (secondary N) is 2. The van der Waals surface area contributed by atoms with Gasteiger partial charge in [-0.15, -0.1) is 0 Å². The number of halogens is 5. The van der Waals surface area contributed by atoms with Crippen LogP contribution in [0.3, 0.4) is 0 Å². The van der Waals surface area contributed by atoms with E-state index in [1.165, 1.54) is 12.1 Å². The SMILES string of the molecule is CCCCOc1cc(C(F)(F)F)ccc1/C=C/C(=O)N[C@H](CC)c1cc(F)c(NS(C)(=O)=O)c(F)c1. The van der Waals surface area contributed by atoms with E-state index >= 15 is 0 Å². The van der Waals surface area contributed by atoms with E-state index in [1.807, 2.05) is 6.92 Å². The molecule has 0 aliphatic heterocycles. The molecule has 2 N–H and O–H groups in total. The zero-order chi connectivity index (χ0) is 27.1. The Balaban J connectivity index is 2.23. The molecule has 0 radical (unpaired) electrons. The van der Waals surface area contributed by atoms with Crippen molar-refractivity contribution >= 4 is 27.7 Å². The molecule has 2 rings (SSSR count). The quantitative estimate of drug-likeness (QED) is 0.216. The monoisotopic (exact) mass is 534 g/mol. The first-order valence-corrected chi connectivity index (χ1v) is 12.9. The average molecular weight is 535 g/mol. The van der Waals surface area contributed by atoms with E-state index in [0.29, 0.717) is 6.42 Å². The minimum Gasteiger partial charge on any atom is -0.493 e. The van der Waals surface area contributed by atoms with Gasteiger partial charge < -0.3 is 10.1 Å². The summed E-state index contributed by atoms with van der Waals surface area (Å²) in [4.78, 5) is 12.5. The Bertz CT molecular complexity index is 1190. The second-order valence-corrected chi connectivity index (χ2v) is 9.74. The van der Waals surface area contributed by atoms with E-state index < -0.39 is 51.0 Å². The molecule has 1 atom stereocenters. The van der Waals surface area contributed by atoms with Gasteiger partial charge in [0.15, 0.2) is 11.6 Å². The minimum absolute atomic E-state index is 0.0347. The lowest BCUT2D eigenvalue weighted by Gasteiger charge is -2.18. The minimum atomic E-state index is -4.56. The molecule has 0 heterocycles. The van der Waals surface area contributed by atoms with E-state index in [-0.39, 0.29) is 29.9 Å². The van der Waals surface area contributed by atoms with Crippen LogP contribution in [0.25, 0.3) is 6.08 Å². The van der Waals surface area contributed by atoms with Crippen LogP contribution in [0.5, 0.6) is 5.75 Å². The molecule has 0 bridgehead atoms. The summed E-state index contributed by atoms with van der Waals surface area (Å²) >= 11 is 0. The van der Waals surface area contributed by atoms with Crippen molar-refractivity contribution in [2.24, 2.45) is 0 Å². The first kappa shape index (κ1) is 29.1. The summed E-state index contributed by atoms with van der Waals surface area (Å²) in [6.45, 7) is 3.75. The summed E-state index contributed by atoms with van der Waals surface area (Å²) in [6, 6.07) is 3.90. The fourth-order valence-electron chi connectivity index (χ4n) is 3.18. The number of rotatable bonds is 11. The molecule has 36 heavy (non-hydrogen) atoms. The summed E-state index contributed by atoms with van der Waals surface area (Å²) in [6.07, 6.45) is 0.185. The largest absolute Gasteiger partial charge is 0.493 e. The van der Waals surface area contributed by atoms with Crippen LogP contribution in [0.2, 0.25) is 0 Å². The maximum Gasteiger partial charge on any atom is 0.416 e. The van der Waals surface area contributed by atoms with Crippen molar-refractivity contribution in [1.29, 1.82) is 0 Å². The molecule has 198 valence electrons. The summed E-state index contributed by atoms with van der Waals surface area (Å²) < 4.78 is 97.8. The molecule has 12 heteroatoms. The maximum atomic E-state index is 14.3. The standard InChI is InChI=1S/C24H27F5N2O4S/c1-4-6-11-35-21-14-17(24(27,28)29)9-7-15(21)8-10-22(32)30-20(5-2)16-12-18(25)23(19(26)13-16)31-36(3,33)34/h7-10,12-14,20,31H,4-6,11H2,1-3H3,(H,30,32)/b10-8+/t20-/m1/s1. The average Bonchev–Trinajstić information content (AvgIpc) is 2.77. The Labute approximate surface area is 206 Å². The molecule has 0 aromatic heterocycles. The van der Waals surface area contributed by atoms with Crippen LogP contribution in [0.4, 0.5) is 27.6 Å². The van der Waals surface area contributed by atoms with Crippen LogP contribution in [-0.2, 0) is 21.0 Å². The third-order valence-corrected chi connectivity index (χ3v) is 5.56. The number of alkyl halides is 3. The normalized spacial score (nSPS) is 13.0. The van der Waals surface area contributed by atoms with Gasteiger partial charge in [-0.25, -0.2) is 17.2 Å². The molecular weight excluding hydrogens is 507 g/mol. The highest BCUT2D eigenvalue weighted by Gasteiger charge is 2.31. The number of unbranched alkanes of at least 4 members (excludes halogenated alkanes) is 1. The highest BCUT2D eigenvalue weighted by atomic mass is 32.2. The first-order chi connectivity index (χ1) is 16.7. The molecular formula is C24H27F5N2O4S. The summed E-state index contributed by atoms with van der Waals surface area (Å²) in [5, 5.41) is 2.56. The van der Waals surface area contributed by atoms with Crippen molar-refractivity contribution in [1.82, 2.24) is 5.32 Å². The molecule has 0 saturated heterocycles. The van der Waals surface area contributed by atoms with Gasteiger partial charge in [0.05, 0.1) is 24.5 Å². The van der Waals surface area contributed by atoms with Gasteiger partial charge in [0.2, 0.25) is 15.9 Å². The number of hydrogen-bond donors (Lipinski definition) is 2. The molecule has 0 aliphatic carbocycles. The number of ether oxygens (including phenoxy) is 1. The molecule has 0 spiro atoms. The molecule has 0 fully saturated rings. The van der Waals surface area contributed by atoms with E-state index in [2.05, 4.69) is 5.32 Å². The van der Waals surface area contributed by atoms with Crippen LogP contribution in [0.1, 0.15) is 55.8 Å². The van der Waals surface area contributed by atoms with Gasteiger partial charge in [-0.05, 0) is 48.7 Å². The fourth-order valence-corrected chi connectivity index (χ4v) is 3.75. The number of hydrogen-bond acceptors (Lipinski definition) is 4. The number of benzene rings is 2. The summed E-state index contributed by atoms with van der Waals surface area (Å²) in [5.41, 5.74) is -1.42. The number of carbonyl (C=O) groups is 1. The first-order valence-electron chi connectivity index (χ1n) is 11.0. The lowest BCUT2D eigenvalue weighted by molar-refractivity contribution is -0.137. The van der Waals surface area contributed by atoms with Gasteiger partial charge >= 0.3 is 6.18 Å². The Hall–Kier alpha value is -3.15. The van der Waals surface area contributed by atoms with Crippen molar-refractivity contribution in [3.8, 4) is 5.75 Å². The van der Waals surface area contributed by atoms with Crippen LogP contribution >= 0.6 is 0 Å². The van der Waals surface area contributed by atoms with Gasteiger partial charge in [0.1, 0.15) is 11.4 Å². The van der Waals surface area contributed by atoms with Crippen molar-refractivity contribution in [2.75, 3.05) is 17.6 Å². The molecule has 0 unspecified atom stereocenters. The van der Waals surface area contributed by atoms with Crippen molar-refractivity contribution in [3.63, 3.8) is 0 Å². The van der Waals surface area contributed by atoms with Crippen LogP contribution in [0.15, 0.2) is 36.4 Å². The van der Waals surface area contributed by atoms with Crippen LogP contribution < -0.4 is 14.8 Å². The maximum absolute atomic E-state index is 14.3. The van der Waals surface area contributed by atoms with Crippen molar-refractivity contribution < 1.29 is 39.9 Å². The van der Waals surface area contributed by atoms with E-state index in [1.54, 1.807) is 11.6 Å². The van der Waals surface area contributed by atoms with Crippen molar-refractivity contribution in [3.05, 3.63) is 64.7 Å². The smallest absolute Gasteiger partial charge is 0.416 e.